The fourth-order valence-electron chi connectivity index (χ4n) is 2.39. The molecular weight excluding hydrogens is 312 g/mol. The van der Waals surface area contributed by atoms with E-state index in [-0.39, 0.29) is 15.8 Å². The lowest BCUT2D eigenvalue weighted by Gasteiger charge is -2.30. The number of nitrogens with one attached hydrogen (secondary N) is 1. The van der Waals surface area contributed by atoms with Crippen LogP contribution in [0.4, 0.5) is 0 Å². The van der Waals surface area contributed by atoms with Gasteiger partial charge < -0.3 is 5.32 Å². The van der Waals surface area contributed by atoms with Crippen LogP contribution >= 0.6 is 0 Å². The Labute approximate surface area is 126 Å². The average molecular weight is 332 g/mol. The van der Waals surface area contributed by atoms with E-state index < -0.39 is 19.9 Å². The Morgan fingerprint density at radius 2 is 1.48 bits per heavy atom. The maximum atomic E-state index is 12.5. The number of piperidine rings is 1. The monoisotopic (exact) mass is 332 g/mol. The zero-order valence-electron chi connectivity index (χ0n) is 12.1. The Morgan fingerprint density at radius 3 is 1.95 bits per heavy atom. The molecule has 0 unspecified atom stereocenters. The molecule has 1 saturated heterocycles. The minimum atomic E-state index is -3.59. The molecule has 0 aromatic heterocycles. The van der Waals surface area contributed by atoms with Crippen LogP contribution in [0.5, 0.6) is 0 Å². The summed E-state index contributed by atoms with van der Waals surface area (Å²) in [4.78, 5) is 0.238. The lowest BCUT2D eigenvalue weighted by molar-refractivity contribution is 0.296. The normalized spacial score (nSPS) is 18.0. The van der Waals surface area contributed by atoms with Crippen molar-refractivity contribution in [1.82, 2.24) is 9.62 Å². The molecule has 118 valence electrons. The van der Waals surface area contributed by atoms with Gasteiger partial charge >= 0.3 is 0 Å². The van der Waals surface area contributed by atoms with Gasteiger partial charge in [0.05, 0.1) is 9.79 Å². The van der Waals surface area contributed by atoms with Gasteiger partial charge in [-0.3, -0.25) is 0 Å². The highest BCUT2D eigenvalue weighted by atomic mass is 32.2. The first-order chi connectivity index (χ1) is 9.73. The van der Waals surface area contributed by atoms with Crippen LogP contribution in [0.1, 0.15) is 12.8 Å². The van der Waals surface area contributed by atoms with Gasteiger partial charge in [0.2, 0.25) is 10.0 Å². The van der Waals surface area contributed by atoms with Crippen LogP contribution in [0.25, 0.3) is 0 Å². The van der Waals surface area contributed by atoms with E-state index in [1.54, 1.807) is 7.05 Å². The first-order valence-electron chi connectivity index (χ1n) is 6.72. The Morgan fingerprint density at radius 1 is 1.00 bits per heavy atom. The van der Waals surface area contributed by atoms with E-state index in [4.69, 9.17) is 0 Å². The Hall–Kier alpha value is -0.960. The third-order valence-electron chi connectivity index (χ3n) is 3.75. The van der Waals surface area contributed by atoms with Gasteiger partial charge in [0.15, 0.2) is 9.84 Å². The highest BCUT2D eigenvalue weighted by Gasteiger charge is 2.29. The van der Waals surface area contributed by atoms with Gasteiger partial charge in [-0.2, -0.15) is 4.31 Å². The number of nitrogens with zero attached hydrogens (tertiary/aromatic N) is 1. The lowest BCUT2D eigenvalue weighted by atomic mass is 10.1. The zero-order chi connectivity index (χ0) is 15.7. The summed E-state index contributed by atoms with van der Waals surface area (Å²) in [5.41, 5.74) is 0. The molecule has 1 heterocycles. The van der Waals surface area contributed by atoms with Gasteiger partial charge in [0.25, 0.3) is 0 Å². The summed E-state index contributed by atoms with van der Waals surface area (Å²) in [5, 5.41) is 3.20. The second-order valence-electron chi connectivity index (χ2n) is 5.25. The summed E-state index contributed by atoms with van der Waals surface area (Å²) >= 11 is 0. The third kappa shape index (κ3) is 3.63. The van der Waals surface area contributed by atoms with Crippen molar-refractivity contribution < 1.29 is 16.8 Å². The van der Waals surface area contributed by atoms with Gasteiger partial charge in [-0.15, -0.1) is 0 Å². The zero-order valence-corrected chi connectivity index (χ0v) is 13.7. The fourth-order valence-corrected chi connectivity index (χ4v) is 4.44. The summed E-state index contributed by atoms with van der Waals surface area (Å²) in [6.45, 7) is 1.61. The highest BCUT2D eigenvalue weighted by Crippen LogP contribution is 2.22. The van der Waals surface area contributed by atoms with Crippen molar-refractivity contribution in [2.45, 2.75) is 28.7 Å². The van der Waals surface area contributed by atoms with Crippen molar-refractivity contribution in [3.05, 3.63) is 24.3 Å². The largest absolute Gasteiger partial charge is 0.317 e. The van der Waals surface area contributed by atoms with Gasteiger partial charge in [-0.1, -0.05) is 0 Å². The lowest BCUT2D eigenvalue weighted by Crippen LogP contribution is -2.43. The smallest absolute Gasteiger partial charge is 0.243 e. The molecule has 1 aromatic rings. The van der Waals surface area contributed by atoms with Crippen LogP contribution < -0.4 is 5.32 Å². The third-order valence-corrected chi connectivity index (χ3v) is 6.80. The van der Waals surface area contributed by atoms with Crippen LogP contribution in [0, 0.1) is 0 Å². The summed E-state index contributed by atoms with van der Waals surface area (Å²) in [7, 11) is -5.33. The molecule has 1 N–H and O–H groups in total. The Bertz CT molecular complexity index is 690. The van der Waals surface area contributed by atoms with Gasteiger partial charge in [0, 0.05) is 19.3 Å². The molecule has 0 saturated carbocycles. The quantitative estimate of drug-likeness (QED) is 0.866. The molecule has 0 atom stereocenters. The van der Waals surface area contributed by atoms with E-state index in [0.29, 0.717) is 0 Å². The Kier molecular flexibility index (Phi) is 4.72. The minimum Gasteiger partial charge on any atom is -0.317 e. The fraction of sp³-hybridized carbons (Fsp3) is 0.538. The molecular formula is C13H20N2O4S2. The number of rotatable bonds is 4. The average Bonchev–Trinajstić information content (AvgIpc) is 2.46. The van der Waals surface area contributed by atoms with Crippen molar-refractivity contribution in [3.63, 3.8) is 0 Å². The van der Waals surface area contributed by atoms with E-state index in [0.717, 1.165) is 32.2 Å². The first-order valence-corrected chi connectivity index (χ1v) is 10.0. The van der Waals surface area contributed by atoms with E-state index >= 15 is 0 Å². The molecule has 1 fully saturated rings. The van der Waals surface area contributed by atoms with Crippen molar-refractivity contribution in [2.75, 3.05) is 26.4 Å². The number of hydrogen-bond acceptors (Lipinski definition) is 5. The molecule has 0 aliphatic carbocycles. The van der Waals surface area contributed by atoms with E-state index in [1.807, 2.05) is 0 Å². The molecule has 21 heavy (non-hydrogen) atoms. The summed E-state index contributed by atoms with van der Waals surface area (Å²) in [5.74, 6) is 0. The molecule has 1 aromatic carbocycles. The number of hydrogen-bond donors (Lipinski definition) is 1. The molecule has 0 spiro atoms. The van der Waals surface area contributed by atoms with E-state index in [2.05, 4.69) is 5.32 Å². The predicted molar refractivity (Wildman–Crippen MR) is 80.4 cm³/mol. The van der Waals surface area contributed by atoms with Crippen LogP contribution in [-0.2, 0) is 19.9 Å². The standard InChI is InChI=1S/C13H20N2O4S2/c1-15(11-7-9-14-10-8-11)21(18,19)13-5-3-12(4-6-13)20(2,16)17/h3-6,11,14H,7-10H2,1-2H3. The number of benzene rings is 1. The van der Waals surface area contributed by atoms with Crippen LogP contribution in [0.3, 0.4) is 0 Å². The van der Waals surface area contributed by atoms with Crippen molar-refractivity contribution in [1.29, 1.82) is 0 Å². The SMILES string of the molecule is CN(C1CCNCC1)S(=O)(=O)c1ccc(S(C)(=O)=O)cc1. The predicted octanol–water partition coefficient (Wildman–Crippen LogP) is 0.463. The molecule has 6 nitrogen and oxygen atoms in total. The van der Waals surface area contributed by atoms with Crippen molar-refractivity contribution >= 4 is 19.9 Å². The molecule has 1 aliphatic rings. The highest BCUT2D eigenvalue weighted by molar-refractivity contribution is 7.90. The van der Waals surface area contributed by atoms with Gasteiger partial charge in [-0.05, 0) is 50.2 Å². The number of sulfonamides is 1. The van der Waals surface area contributed by atoms with Gasteiger partial charge in [0.1, 0.15) is 0 Å². The summed E-state index contributed by atoms with van der Waals surface area (Å²) < 4.78 is 49.3. The maximum absolute atomic E-state index is 12.5. The topological polar surface area (TPSA) is 83.6 Å². The maximum Gasteiger partial charge on any atom is 0.243 e. The van der Waals surface area contributed by atoms with Crippen molar-refractivity contribution in [2.24, 2.45) is 0 Å². The summed E-state index contributed by atoms with van der Waals surface area (Å²) in [6, 6.07) is 5.34. The molecule has 0 bridgehead atoms. The molecule has 0 radical (unpaired) electrons. The van der Waals surface area contributed by atoms with Crippen LogP contribution in [0.2, 0.25) is 0 Å². The molecule has 0 amide bonds. The summed E-state index contributed by atoms with van der Waals surface area (Å²) in [6.07, 6.45) is 2.64. The van der Waals surface area contributed by atoms with Gasteiger partial charge in [-0.25, -0.2) is 16.8 Å². The minimum absolute atomic E-state index is 0.0224. The molecule has 8 heteroatoms. The second-order valence-corrected chi connectivity index (χ2v) is 9.26. The molecule has 1 aliphatic heterocycles. The second kappa shape index (κ2) is 6.04. The molecule has 2 rings (SSSR count). The Balaban J connectivity index is 2.26. The van der Waals surface area contributed by atoms with Crippen LogP contribution in [0.15, 0.2) is 34.1 Å². The van der Waals surface area contributed by atoms with E-state index in [9.17, 15) is 16.8 Å². The van der Waals surface area contributed by atoms with E-state index in [1.165, 1.54) is 28.6 Å². The number of sulfone groups is 1. The van der Waals surface area contributed by atoms with Crippen LogP contribution in [-0.4, -0.2) is 53.6 Å². The van der Waals surface area contributed by atoms with Crippen molar-refractivity contribution in [3.8, 4) is 0 Å². The first kappa shape index (κ1) is 16.4.